The zero-order valence-corrected chi connectivity index (χ0v) is 11.3. The highest BCUT2D eigenvalue weighted by Gasteiger charge is 2.25. The van der Waals surface area contributed by atoms with Gasteiger partial charge >= 0.3 is 0 Å². The minimum Gasteiger partial charge on any atom is -0.396 e. The number of aliphatic hydroxyl groups excluding tert-OH is 1. The smallest absolute Gasteiger partial charge is 0.0847 e. The van der Waals surface area contributed by atoms with Crippen molar-refractivity contribution in [3.63, 3.8) is 0 Å². The monoisotopic (exact) mass is 244 g/mol. The number of aliphatic hydroxyl groups is 1. The van der Waals surface area contributed by atoms with Crippen LogP contribution in [0.4, 0.5) is 0 Å². The Morgan fingerprint density at radius 1 is 1.44 bits per heavy atom. The van der Waals surface area contributed by atoms with Gasteiger partial charge < -0.3 is 5.11 Å². The fourth-order valence-electron chi connectivity index (χ4n) is 1.73. The van der Waals surface area contributed by atoms with E-state index < -0.39 is 0 Å². The standard InChI is InChI=1S/C12H21ClN2O/c1-5-12(4,8-16)7-10-11(13)9(3)14-15(10)6-2/h16H,5-8H2,1-4H3. The zero-order valence-electron chi connectivity index (χ0n) is 10.5. The maximum Gasteiger partial charge on any atom is 0.0847 e. The summed E-state index contributed by atoms with van der Waals surface area (Å²) in [6.07, 6.45) is 1.70. The Balaban J connectivity index is 3.04. The van der Waals surface area contributed by atoms with Gasteiger partial charge in [0.05, 0.1) is 16.4 Å². The van der Waals surface area contributed by atoms with E-state index in [9.17, 15) is 5.11 Å². The van der Waals surface area contributed by atoms with Crippen molar-refractivity contribution in [2.24, 2.45) is 5.41 Å². The molecule has 0 aliphatic heterocycles. The Morgan fingerprint density at radius 3 is 2.50 bits per heavy atom. The van der Waals surface area contributed by atoms with Crippen LogP contribution in [0.3, 0.4) is 0 Å². The van der Waals surface area contributed by atoms with E-state index in [1.807, 2.05) is 11.6 Å². The van der Waals surface area contributed by atoms with Crippen molar-refractivity contribution in [1.29, 1.82) is 0 Å². The van der Waals surface area contributed by atoms with Gasteiger partial charge in [-0.05, 0) is 32.1 Å². The normalized spacial score (nSPS) is 15.1. The number of aromatic nitrogens is 2. The summed E-state index contributed by atoms with van der Waals surface area (Å²) in [5.41, 5.74) is 1.80. The van der Waals surface area contributed by atoms with Crippen LogP contribution in [0.2, 0.25) is 5.02 Å². The molecule has 3 nitrogen and oxygen atoms in total. The molecule has 0 saturated heterocycles. The van der Waals surface area contributed by atoms with Crippen LogP contribution in [0, 0.1) is 12.3 Å². The van der Waals surface area contributed by atoms with Gasteiger partial charge in [-0.2, -0.15) is 5.10 Å². The van der Waals surface area contributed by atoms with E-state index in [0.29, 0.717) is 0 Å². The molecule has 1 aromatic rings. The Labute approximate surface area is 102 Å². The number of rotatable bonds is 5. The molecule has 92 valence electrons. The lowest BCUT2D eigenvalue weighted by molar-refractivity contribution is 0.135. The Bertz CT molecular complexity index is 356. The fourth-order valence-corrected chi connectivity index (χ4v) is 1.94. The first kappa shape index (κ1) is 13.5. The first-order valence-corrected chi connectivity index (χ1v) is 6.18. The molecule has 1 atom stereocenters. The number of hydrogen-bond donors (Lipinski definition) is 1. The van der Waals surface area contributed by atoms with E-state index in [-0.39, 0.29) is 12.0 Å². The van der Waals surface area contributed by atoms with Crippen LogP contribution in [0.1, 0.15) is 38.6 Å². The van der Waals surface area contributed by atoms with E-state index in [0.717, 1.165) is 35.8 Å². The number of aryl methyl sites for hydroxylation is 2. The molecule has 0 spiro atoms. The molecule has 1 unspecified atom stereocenters. The molecule has 0 aliphatic carbocycles. The molecule has 0 amide bonds. The number of hydrogen-bond acceptors (Lipinski definition) is 2. The summed E-state index contributed by atoms with van der Waals surface area (Å²) >= 11 is 6.25. The van der Waals surface area contributed by atoms with Crippen molar-refractivity contribution in [1.82, 2.24) is 9.78 Å². The molecule has 0 aromatic carbocycles. The third kappa shape index (κ3) is 2.58. The molecule has 0 saturated carbocycles. The molecule has 1 heterocycles. The Hall–Kier alpha value is -0.540. The summed E-state index contributed by atoms with van der Waals surface area (Å²) in [6, 6.07) is 0. The molecule has 1 aromatic heterocycles. The maximum absolute atomic E-state index is 9.44. The lowest BCUT2D eigenvalue weighted by atomic mass is 9.83. The van der Waals surface area contributed by atoms with E-state index >= 15 is 0 Å². The van der Waals surface area contributed by atoms with Crippen LogP contribution >= 0.6 is 11.6 Å². The third-order valence-corrected chi connectivity index (χ3v) is 3.77. The van der Waals surface area contributed by atoms with Gasteiger partial charge in [-0.25, -0.2) is 0 Å². The van der Waals surface area contributed by atoms with Crippen molar-refractivity contribution >= 4 is 11.6 Å². The van der Waals surface area contributed by atoms with E-state index in [1.54, 1.807) is 0 Å². The van der Waals surface area contributed by atoms with Gasteiger partial charge in [-0.15, -0.1) is 0 Å². The predicted octanol–water partition coefficient (Wildman–Crippen LogP) is 2.82. The molecule has 16 heavy (non-hydrogen) atoms. The maximum atomic E-state index is 9.44. The SMILES string of the molecule is CCn1nc(C)c(Cl)c1CC(C)(CC)CO. The van der Waals surface area contributed by atoms with E-state index in [2.05, 4.69) is 25.9 Å². The molecular formula is C12H21ClN2O. The van der Waals surface area contributed by atoms with Crippen LogP contribution in [-0.4, -0.2) is 21.5 Å². The molecular weight excluding hydrogens is 224 g/mol. The van der Waals surface area contributed by atoms with Crippen LogP contribution in [0.5, 0.6) is 0 Å². The fraction of sp³-hybridized carbons (Fsp3) is 0.750. The first-order chi connectivity index (χ1) is 7.47. The predicted molar refractivity (Wildman–Crippen MR) is 66.8 cm³/mol. The lowest BCUT2D eigenvalue weighted by Crippen LogP contribution is -2.25. The molecule has 0 fully saturated rings. The van der Waals surface area contributed by atoms with Crippen LogP contribution in [0.25, 0.3) is 0 Å². The highest BCUT2D eigenvalue weighted by Crippen LogP contribution is 2.30. The topological polar surface area (TPSA) is 38.0 Å². The van der Waals surface area contributed by atoms with Gasteiger partial charge in [-0.3, -0.25) is 4.68 Å². The van der Waals surface area contributed by atoms with Crippen LogP contribution in [0.15, 0.2) is 0 Å². The van der Waals surface area contributed by atoms with Crippen molar-refractivity contribution in [3.8, 4) is 0 Å². The van der Waals surface area contributed by atoms with Gasteiger partial charge in [0.1, 0.15) is 0 Å². The second kappa shape index (κ2) is 5.19. The molecule has 0 aliphatic rings. The van der Waals surface area contributed by atoms with Crippen molar-refractivity contribution in [2.75, 3.05) is 6.61 Å². The first-order valence-electron chi connectivity index (χ1n) is 5.80. The average molecular weight is 245 g/mol. The van der Waals surface area contributed by atoms with E-state index in [4.69, 9.17) is 11.6 Å². The van der Waals surface area contributed by atoms with Crippen molar-refractivity contribution in [3.05, 3.63) is 16.4 Å². The summed E-state index contributed by atoms with van der Waals surface area (Å²) in [6.45, 7) is 9.12. The van der Waals surface area contributed by atoms with Gasteiger partial charge in [0.15, 0.2) is 0 Å². The summed E-state index contributed by atoms with van der Waals surface area (Å²) in [5.74, 6) is 0. The minimum atomic E-state index is -0.108. The van der Waals surface area contributed by atoms with Gasteiger partial charge in [0.25, 0.3) is 0 Å². The van der Waals surface area contributed by atoms with Crippen LogP contribution in [-0.2, 0) is 13.0 Å². The molecule has 0 bridgehead atoms. The Morgan fingerprint density at radius 2 is 2.06 bits per heavy atom. The molecule has 1 N–H and O–H groups in total. The van der Waals surface area contributed by atoms with Gasteiger partial charge in [0, 0.05) is 13.2 Å². The summed E-state index contributed by atoms with van der Waals surface area (Å²) in [7, 11) is 0. The molecule has 4 heteroatoms. The van der Waals surface area contributed by atoms with Crippen molar-refractivity contribution in [2.45, 2.75) is 47.1 Å². The second-order valence-electron chi connectivity index (χ2n) is 4.66. The average Bonchev–Trinajstić information content (AvgIpc) is 2.56. The number of halogens is 1. The lowest BCUT2D eigenvalue weighted by Gasteiger charge is -2.25. The quantitative estimate of drug-likeness (QED) is 0.865. The van der Waals surface area contributed by atoms with Gasteiger partial charge in [0.2, 0.25) is 0 Å². The van der Waals surface area contributed by atoms with Crippen LogP contribution < -0.4 is 0 Å². The summed E-state index contributed by atoms with van der Waals surface area (Å²) < 4.78 is 1.93. The van der Waals surface area contributed by atoms with Gasteiger partial charge in [-0.1, -0.05) is 25.4 Å². The third-order valence-electron chi connectivity index (χ3n) is 3.28. The highest BCUT2D eigenvalue weighted by atomic mass is 35.5. The summed E-state index contributed by atoms with van der Waals surface area (Å²) in [4.78, 5) is 0. The molecule has 1 rings (SSSR count). The number of nitrogens with zero attached hydrogens (tertiary/aromatic N) is 2. The minimum absolute atomic E-state index is 0.108. The highest BCUT2D eigenvalue weighted by molar-refractivity contribution is 6.31. The molecule has 0 radical (unpaired) electrons. The zero-order chi connectivity index (χ0) is 12.3. The van der Waals surface area contributed by atoms with Crippen molar-refractivity contribution < 1.29 is 5.11 Å². The van der Waals surface area contributed by atoms with E-state index in [1.165, 1.54) is 0 Å². The second-order valence-corrected chi connectivity index (χ2v) is 5.04. The largest absolute Gasteiger partial charge is 0.396 e. The summed E-state index contributed by atoms with van der Waals surface area (Å²) in [5, 5.41) is 14.6. The Kier molecular flexibility index (Phi) is 4.39.